The maximum atomic E-state index is 10.5. The fourth-order valence-corrected chi connectivity index (χ4v) is 8.19. The van der Waals surface area contributed by atoms with E-state index in [2.05, 4.69) is 13.8 Å². The Morgan fingerprint density at radius 2 is 0.659 bits per heavy atom. The van der Waals surface area contributed by atoms with Crippen molar-refractivity contribution in [3.63, 3.8) is 0 Å². The van der Waals surface area contributed by atoms with Crippen LogP contribution < -0.4 is 0 Å². The van der Waals surface area contributed by atoms with E-state index in [0.717, 1.165) is 49.4 Å². The van der Waals surface area contributed by atoms with Gasteiger partial charge in [-0.25, -0.2) is 0 Å². The second kappa shape index (κ2) is 29.3. The first-order valence-corrected chi connectivity index (χ1v) is 19.9. The van der Waals surface area contributed by atoms with Crippen molar-refractivity contribution >= 4 is 11.9 Å². The monoisotopic (exact) mass is 621 g/mol. The van der Waals surface area contributed by atoms with Crippen molar-refractivity contribution < 1.29 is 19.8 Å². The molecule has 0 aliphatic heterocycles. The summed E-state index contributed by atoms with van der Waals surface area (Å²) in [6.45, 7) is 4.57. The Labute approximate surface area is 274 Å². The molecule has 4 atom stereocenters. The van der Waals surface area contributed by atoms with Crippen LogP contribution in [-0.2, 0) is 9.59 Å². The lowest BCUT2D eigenvalue weighted by atomic mass is 9.86. The standard InChI is InChI=1S/2C20H38O2/c2*1-2-3-4-5-6-9-13-18-15-12-16-19(18)14-10-7-8-11-17-20(21)22/h2*18-19H,2-17H2,1H3,(H,21,22)/t18-,19-;/m0./s1. The fourth-order valence-electron chi connectivity index (χ4n) is 8.19. The van der Waals surface area contributed by atoms with Gasteiger partial charge in [0.05, 0.1) is 0 Å². The highest BCUT2D eigenvalue weighted by atomic mass is 16.4. The van der Waals surface area contributed by atoms with Crippen molar-refractivity contribution in [3.05, 3.63) is 0 Å². The zero-order chi connectivity index (χ0) is 32.1. The topological polar surface area (TPSA) is 74.6 Å². The van der Waals surface area contributed by atoms with Crippen LogP contribution in [0.15, 0.2) is 0 Å². The molecule has 2 unspecified atom stereocenters. The van der Waals surface area contributed by atoms with Crippen LogP contribution in [0.5, 0.6) is 0 Å². The molecule has 0 bridgehead atoms. The molecule has 2 N–H and O–H groups in total. The van der Waals surface area contributed by atoms with Crippen molar-refractivity contribution in [1.82, 2.24) is 0 Å². The predicted octanol–water partition coefficient (Wildman–Crippen LogP) is 13.2. The lowest BCUT2D eigenvalue weighted by Crippen LogP contribution is -2.08. The summed E-state index contributed by atoms with van der Waals surface area (Å²) in [5.41, 5.74) is 0. The quantitative estimate of drug-likeness (QED) is 0.0853. The number of rotatable bonds is 28. The maximum Gasteiger partial charge on any atom is 0.303 e. The Morgan fingerprint density at radius 1 is 0.409 bits per heavy atom. The second-order valence-corrected chi connectivity index (χ2v) is 14.7. The third-order valence-corrected chi connectivity index (χ3v) is 10.9. The van der Waals surface area contributed by atoms with E-state index in [0.29, 0.717) is 12.8 Å². The lowest BCUT2D eigenvalue weighted by molar-refractivity contribution is -0.138. The van der Waals surface area contributed by atoms with Crippen LogP contribution >= 0.6 is 0 Å². The van der Waals surface area contributed by atoms with Crippen molar-refractivity contribution in [2.75, 3.05) is 0 Å². The van der Waals surface area contributed by atoms with Crippen molar-refractivity contribution in [1.29, 1.82) is 0 Å². The molecule has 0 aromatic rings. The summed E-state index contributed by atoms with van der Waals surface area (Å²) in [4.78, 5) is 20.9. The first kappa shape index (κ1) is 41.0. The molecule has 2 fully saturated rings. The van der Waals surface area contributed by atoms with Gasteiger partial charge in [0.25, 0.3) is 0 Å². The minimum atomic E-state index is -0.644. The van der Waals surface area contributed by atoms with Gasteiger partial charge in [-0.3, -0.25) is 9.59 Å². The summed E-state index contributed by atoms with van der Waals surface area (Å²) in [5.74, 6) is 2.69. The highest BCUT2D eigenvalue weighted by Gasteiger charge is 2.27. The minimum Gasteiger partial charge on any atom is -0.481 e. The van der Waals surface area contributed by atoms with E-state index in [1.54, 1.807) is 0 Å². The number of aliphatic carboxylic acids is 2. The maximum absolute atomic E-state index is 10.5. The van der Waals surface area contributed by atoms with Gasteiger partial charge in [0.15, 0.2) is 0 Å². The van der Waals surface area contributed by atoms with Gasteiger partial charge in [-0.15, -0.1) is 0 Å². The first-order valence-electron chi connectivity index (χ1n) is 19.9. The summed E-state index contributed by atoms with van der Waals surface area (Å²) >= 11 is 0. The van der Waals surface area contributed by atoms with Gasteiger partial charge in [-0.2, -0.15) is 0 Å². The Bertz CT molecular complexity index is 606. The predicted molar refractivity (Wildman–Crippen MR) is 188 cm³/mol. The van der Waals surface area contributed by atoms with E-state index in [-0.39, 0.29) is 0 Å². The number of carboxylic acids is 2. The van der Waals surface area contributed by atoms with Gasteiger partial charge in [-0.05, 0) is 36.5 Å². The highest BCUT2D eigenvalue weighted by Crippen LogP contribution is 2.39. The molecule has 0 heterocycles. The van der Waals surface area contributed by atoms with Gasteiger partial charge < -0.3 is 10.2 Å². The Kier molecular flexibility index (Phi) is 27.3. The third kappa shape index (κ3) is 23.3. The zero-order valence-corrected chi connectivity index (χ0v) is 29.6. The van der Waals surface area contributed by atoms with E-state index in [4.69, 9.17) is 10.2 Å². The number of unbranched alkanes of at least 4 members (excludes halogenated alkanes) is 16. The van der Waals surface area contributed by atoms with Crippen LogP contribution in [0.1, 0.15) is 219 Å². The zero-order valence-electron chi connectivity index (χ0n) is 29.6. The van der Waals surface area contributed by atoms with E-state index in [9.17, 15) is 9.59 Å². The lowest BCUT2D eigenvalue weighted by Gasteiger charge is -2.19. The molecular weight excluding hydrogens is 544 g/mol. The van der Waals surface area contributed by atoms with Gasteiger partial charge in [0, 0.05) is 12.8 Å². The molecule has 0 spiro atoms. The fraction of sp³-hybridized carbons (Fsp3) is 0.950. The molecule has 2 aliphatic carbocycles. The van der Waals surface area contributed by atoms with Crippen LogP contribution in [0.4, 0.5) is 0 Å². The Balaban J connectivity index is 0.000000440. The summed E-state index contributed by atoms with van der Waals surface area (Å²) in [7, 11) is 0. The minimum absolute atomic E-state index is 0.351. The molecule has 4 heteroatoms. The summed E-state index contributed by atoms with van der Waals surface area (Å²) in [6.07, 6.45) is 41.2. The van der Waals surface area contributed by atoms with E-state index in [1.807, 2.05) is 0 Å². The molecule has 0 aromatic carbocycles. The summed E-state index contributed by atoms with van der Waals surface area (Å²) in [5, 5.41) is 17.3. The van der Waals surface area contributed by atoms with Crippen LogP contribution in [0, 0.1) is 23.7 Å². The van der Waals surface area contributed by atoms with Crippen LogP contribution in [0.2, 0.25) is 0 Å². The average molecular weight is 621 g/mol. The molecule has 260 valence electrons. The van der Waals surface area contributed by atoms with Gasteiger partial charge in [-0.1, -0.05) is 194 Å². The molecule has 0 saturated heterocycles. The summed E-state index contributed by atoms with van der Waals surface area (Å²) < 4.78 is 0. The van der Waals surface area contributed by atoms with E-state index >= 15 is 0 Å². The van der Waals surface area contributed by atoms with E-state index in [1.165, 1.54) is 167 Å². The van der Waals surface area contributed by atoms with Crippen LogP contribution in [-0.4, -0.2) is 22.2 Å². The van der Waals surface area contributed by atoms with E-state index < -0.39 is 11.9 Å². The molecule has 0 aromatic heterocycles. The molecule has 2 rings (SSSR count). The second-order valence-electron chi connectivity index (χ2n) is 14.7. The van der Waals surface area contributed by atoms with Crippen LogP contribution in [0.25, 0.3) is 0 Å². The Morgan fingerprint density at radius 3 is 0.932 bits per heavy atom. The average Bonchev–Trinajstić information content (AvgIpc) is 3.65. The SMILES string of the molecule is CCCCCCCCC1CCCC1CCCCCCC(=O)O.CCCCCCCC[C@H]1CCC[C@@H]1CCCCCCC(=O)O. The number of hydrogen-bond acceptors (Lipinski definition) is 2. The third-order valence-electron chi connectivity index (χ3n) is 10.9. The first-order chi connectivity index (χ1) is 21.5. The molecule has 0 radical (unpaired) electrons. The molecule has 2 saturated carbocycles. The molecule has 0 amide bonds. The van der Waals surface area contributed by atoms with Crippen molar-refractivity contribution in [3.8, 4) is 0 Å². The number of hydrogen-bond donors (Lipinski definition) is 2. The number of carboxylic acid groups (broad SMARTS) is 2. The molecule has 44 heavy (non-hydrogen) atoms. The molecule has 2 aliphatic rings. The molecular formula is C40H76O4. The van der Waals surface area contributed by atoms with Gasteiger partial charge in [0.1, 0.15) is 0 Å². The summed E-state index contributed by atoms with van der Waals surface area (Å²) in [6, 6.07) is 0. The van der Waals surface area contributed by atoms with Crippen molar-refractivity contribution in [2.45, 2.75) is 219 Å². The Hall–Kier alpha value is -1.06. The number of carbonyl (C=O) groups is 2. The smallest absolute Gasteiger partial charge is 0.303 e. The largest absolute Gasteiger partial charge is 0.481 e. The van der Waals surface area contributed by atoms with Gasteiger partial charge >= 0.3 is 11.9 Å². The molecule has 4 nitrogen and oxygen atoms in total. The van der Waals surface area contributed by atoms with Gasteiger partial charge in [0.2, 0.25) is 0 Å². The van der Waals surface area contributed by atoms with Crippen LogP contribution in [0.3, 0.4) is 0 Å². The normalized spacial score (nSPS) is 21.3. The van der Waals surface area contributed by atoms with Crippen molar-refractivity contribution in [2.24, 2.45) is 23.7 Å². The highest BCUT2D eigenvalue weighted by molar-refractivity contribution is 5.66.